The van der Waals surface area contributed by atoms with E-state index in [4.69, 9.17) is 11.5 Å². The highest BCUT2D eigenvalue weighted by atomic mass is 19.1. The highest BCUT2D eigenvalue weighted by Crippen LogP contribution is 2.36. The topological polar surface area (TPSA) is 107 Å². The van der Waals surface area contributed by atoms with E-state index in [0.29, 0.717) is 17.9 Å². The average molecular weight is 481 g/mol. The van der Waals surface area contributed by atoms with Crippen LogP contribution in [-0.4, -0.2) is 20.2 Å². The maximum Gasteiger partial charge on any atom is 0.162 e. The van der Waals surface area contributed by atoms with Gasteiger partial charge in [0.05, 0.1) is 23.0 Å². The Morgan fingerprint density at radius 2 is 1.77 bits per heavy atom. The largest absolute Gasteiger partial charge is 0.401 e. The van der Waals surface area contributed by atoms with Crippen LogP contribution in [0.4, 0.5) is 8.78 Å². The lowest BCUT2D eigenvalue weighted by molar-refractivity contribution is 0.576. The average Bonchev–Trinajstić information content (AvgIpc) is 3.44. The van der Waals surface area contributed by atoms with E-state index in [-0.39, 0.29) is 17.2 Å². The van der Waals surface area contributed by atoms with Crippen molar-refractivity contribution in [1.29, 1.82) is 0 Å². The summed E-state index contributed by atoms with van der Waals surface area (Å²) in [5, 5.41) is 6.66. The van der Waals surface area contributed by atoms with Crippen LogP contribution in [0.25, 0.3) is 17.1 Å². The van der Waals surface area contributed by atoms with E-state index < -0.39 is 11.6 Å². The number of aromatic amines is 1. The fraction of sp³-hybridized carbons (Fsp3) is 0.296. The number of rotatable bonds is 4. The molecule has 0 radical (unpaired) electrons. The van der Waals surface area contributed by atoms with Gasteiger partial charge in [-0.1, -0.05) is 33.8 Å². The number of benzene rings is 1. The zero-order valence-corrected chi connectivity index (χ0v) is 20.7. The first-order chi connectivity index (χ1) is 17.0. The highest BCUT2D eigenvalue weighted by Gasteiger charge is 2.24. The lowest BCUT2D eigenvalue weighted by Gasteiger charge is -2.25. The third kappa shape index (κ3) is 7.24. The van der Waals surface area contributed by atoms with Gasteiger partial charge < -0.3 is 11.5 Å². The molecular formula is C27H34F2N6. The van der Waals surface area contributed by atoms with Crippen molar-refractivity contribution in [3.05, 3.63) is 83.1 Å². The van der Waals surface area contributed by atoms with Crippen LogP contribution in [0.5, 0.6) is 0 Å². The quantitative estimate of drug-likeness (QED) is 0.402. The summed E-state index contributed by atoms with van der Waals surface area (Å²) in [6, 6.07) is 5.49. The molecule has 2 heterocycles. The number of terminal acetylenes is 1. The molecule has 6 nitrogen and oxygen atoms in total. The molecule has 0 bridgehead atoms. The van der Waals surface area contributed by atoms with E-state index in [1.54, 1.807) is 24.7 Å². The molecule has 0 spiro atoms. The molecule has 8 heteroatoms. The zero-order valence-electron chi connectivity index (χ0n) is 20.7. The molecule has 1 aliphatic rings. The highest BCUT2D eigenvalue weighted by molar-refractivity contribution is 5.67. The number of hydrogen-bond donors (Lipinski definition) is 3. The summed E-state index contributed by atoms with van der Waals surface area (Å²) in [4.78, 5) is 8.92. The molecule has 1 aliphatic carbocycles. The van der Waals surface area contributed by atoms with E-state index in [0.717, 1.165) is 29.7 Å². The number of aromatic nitrogens is 4. The van der Waals surface area contributed by atoms with E-state index in [9.17, 15) is 8.78 Å². The summed E-state index contributed by atoms with van der Waals surface area (Å²) in [7, 11) is 0. The Hall–Kier alpha value is -3.99. The van der Waals surface area contributed by atoms with Crippen molar-refractivity contribution in [3.8, 4) is 24.2 Å². The van der Waals surface area contributed by atoms with Gasteiger partial charge >= 0.3 is 0 Å². The number of hydrogen-bond acceptors (Lipinski definition) is 5. The van der Waals surface area contributed by atoms with Crippen LogP contribution >= 0.6 is 0 Å². The van der Waals surface area contributed by atoms with E-state index >= 15 is 0 Å². The SMILES string of the molecule is C#C.CC.CC.NC1=C(/C=C(\N)c2c(F)cccc2F)CCCC1c1ccnc(-c2cn[nH]c2)n1. The van der Waals surface area contributed by atoms with Crippen molar-refractivity contribution < 1.29 is 8.78 Å². The van der Waals surface area contributed by atoms with Gasteiger partial charge in [0.1, 0.15) is 11.6 Å². The van der Waals surface area contributed by atoms with Crippen molar-refractivity contribution in [2.75, 3.05) is 0 Å². The number of halogens is 2. The van der Waals surface area contributed by atoms with Crippen LogP contribution in [0.15, 0.2) is 60.2 Å². The summed E-state index contributed by atoms with van der Waals surface area (Å²) in [6.45, 7) is 8.00. The third-order valence-corrected chi connectivity index (χ3v) is 5.06. The van der Waals surface area contributed by atoms with Gasteiger partial charge in [-0.25, -0.2) is 18.7 Å². The molecule has 1 aromatic carbocycles. The summed E-state index contributed by atoms with van der Waals surface area (Å²) < 4.78 is 28.1. The van der Waals surface area contributed by atoms with Gasteiger partial charge in [0, 0.05) is 29.7 Å². The summed E-state index contributed by atoms with van der Waals surface area (Å²) >= 11 is 0. The lowest BCUT2D eigenvalue weighted by atomic mass is 9.84. The monoisotopic (exact) mass is 480 g/mol. The molecule has 5 N–H and O–H groups in total. The Morgan fingerprint density at radius 3 is 2.37 bits per heavy atom. The molecular weight excluding hydrogens is 446 g/mol. The summed E-state index contributed by atoms with van der Waals surface area (Å²) in [5.41, 5.74) is 15.2. The van der Waals surface area contributed by atoms with Gasteiger partial charge in [-0.2, -0.15) is 5.10 Å². The zero-order chi connectivity index (χ0) is 26.4. The van der Waals surface area contributed by atoms with Crippen molar-refractivity contribution in [2.45, 2.75) is 52.9 Å². The van der Waals surface area contributed by atoms with Gasteiger partial charge in [0.25, 0.3) is 0 Å². The number of nitrogens with one attached hydrogen (secondary N) is 1. The standard InChI is InChI=1S/C21H20F2N6.2C2H6.C2H2/c22-15-5-2-6-16(23)19(15)17(24)9-12-3-1-4-14(20(12)25)18-7-8-26-21(29-18)13-10-27-28-11-13;3*1-2/h2,5-11,14H,1,3-4,24-25H2,(H,27,28);2*1-2H3;1-2H/b17-9-;;;. The second kappa shape index (κ2) is 15.0. The third-order valence-electron chi connectivity index (χ3n) is 5.06. The van der Waals surface area contributed by atoms with Crippen molar-refractivity contribution >= 4 is 5.70 Å². The molecule has 3 aromatic rings. The maximum atomic E-state index is 14.0. The van der Waals surface area contributed by atoms with Gasteiger partial charge in [-0.15, -0.1) is 12.8 Å². The second-order valence-corrected chi connectivity index (χ2v) is 6.91. The molecule has 2 aromatic heterocycles. The Labute approximate surface area is 206 Å². The van der Waals surface area contributed by atoms with Crippen molar-refractivity contribution in [2.24, 2.45) is 11.5 Å². The molecule has 0 fully saturated rings. The minimum Gasteiger partial charge on any atom is -0.401 e. The molecule has 186 valence electrons. The number of nitrogens with zero attached hydrogens (tertiary/aromatic N) is 3. The predicted molar refractivity (Wildman–Crippen MR) is 139 cm³/mol. The molecule has 0 saturated heterocycles. The van der Waals surface area contributed by atoms with Crippen LogP contribution in [0.3, 0.4) is 0 Å². The summed E-state index contributed by atoms with van der Waals surface area (Å²) in [6.07, 6.45) is 17.0. The maximum absolute atomic E-state index is 14.0. The minimum absolute atomic E-state index is 0.0148. The fourth-order valence-corrected chi connectivity index (χ4v) is 3.60. The molecule has 0 amide bonds. The van der Waals surface area contributed by atoms with Crippen LogP contribution in [0.1, 0.15) is 64.1 Å². The molecule has 0 saturated carbocycles. The Kier molecular flexibility index (Phi) is 12.5. The Morgan fingerprint density at radius 1 is 1.11 bits per heavy atom. The van der Waals surface area contributed by atoms with Gasteiger partial charge in [0.2, 0.25) is 0 Å². The van der Waals surface area contributed by atoms with Crippen LogP contribution < -0.4 is 11.5 Å². The van der Waals surface area contributed by atoms with Crippen LogP contribution in [-0.2, 0) is 0 Å². The number of allylic oxidation sites excluding steroid dienone is 3. The van der Waals surface area contributed by atoms with E-state index in [1.807, 2.05) is 33.8 Å². The first-order valence-electron chi connectivity index (χ1n) is 11.6. The predicted octanol–water partition coefficient (Wildman–Crippen LogP) is 5.93. The lowest BCUT2D eigenvalue weighted by Crippen LogP contribution is -2.19. The normalized spacial score (nSPS) is 15.0. The number of nitrogens with two attached hydrogens (primary N) is 2. The fourth-order valence-electron chi connectivity index (χ4n) is 3.60. The Balaban J connectivity index is 0.000000949. The van der Waals surface area contributed by atoms with Crippen LogP contribution in [0, 0.1) is 24.5 Å². The Bertz CT molecular complexity index is 1110. The smallest absolute Gasteiger partial charge is 0.162 e. The first kappa shape index (κ1) is 29.0. The van der Waals surface area contributed by atoms with E-state index in [2.05, 4.69) is 33.0 Å². The molecule has 1 atom stereocenters. The molecule has 1 unspecified atom stereocenters. The van der Waals surface area contributed by atoms with Crippen molar-refractivity contribution in [1.82, 2.24) is 20.2 Å². The second-order valence-electron chi connectivity index (χ2n) is 6.91. The van der Waals surface area contributed by atoms with Gasteiger partial charge in [0.15, 0.2) is 5.82 Å². The molecule has 4 rings (SSSR count). The molecule has 0 aliphatic heterocycles. The minimum atomic E-state index is -0.703. The molecule has 35 heavy (non-hydrogen) atoms. The van der Waals surface area contributed by atoms with Crippen molar-refractivity contribution in [3.63, 3.8) is 0 Å². The van der Waals surface area contributed by atoms with Crippen LogP contribution in [0.2, 0.25) is 0 Å². The van der Waals surface area contributed by atoms with Gasteiger partial charge in [-0.3, -0.25) is 5.10 Å². The first-order valence-corrected chi connectivity index (χ1v) is 11.6. The van der Waals surface area contributed by atoms with Gasteiger partial charge in [-0.05, 0) is 49.1 Å². The summed E-state index contributed by atoms with van der Waals surface area (Å²) in [5.74, 6) is -0.974. The van der Waals surface area contributed by atoms with E-state index in [1.165, 1.54) is 18.2 Å². The number of H-pyrrole nitrogens is 1.